The van der Waals surface area contributed by atoms with Crippen LogP contribution in [0.5, 0.6) is 0 Å². The summed E-state index contributed by atoms with van der Waals surface area (Å²) in [5.41, 5.74) is -0.0650. The zero-order valence-electron chi connectivity index (χ0n) is 10.4. The number of aliphatic carboxylic acids is 1. The first-order valence-corrected chi connectivity index (χ1v) is 6.61. The molecule has 1 heterocycles. The van der Waals surface area contributed by atoms with E-state index in [0.717, 1.165) is 28.6 Å². The van der Waals surface area contributed by atoms with Gasteiger partial charge in [-0.05, 0) is 28.1 Å². The van der Waals surface area contributed by atoms with E-state index in [0.29, 0.717) is 11.3 Å². The number of rotatable bonds is 5. The fourth-order valence-corrected chi connectivity index (χ4v) is 2.30. The summed E-state index contributed by atoms with van der Waals surface area (Å²) >= 11 is 1.14. The van der Waals surface area contributed by atoms with Gasteiger partial charge in [-0.3, -0.25) is 4.79 Å². The number of hydrogen-bond acceptors (Lipinski definition) is 5. The topological polar surface area (TPSA) is 80.9 Å². The van der Waals surface area contributed by atoms with E-state index in [1.165, 1.54) is 12.1 Å². The number of hydrogen-bond donors (Lipinski definition) is 1. The van der Waals surface area contributed by atoms with Crippen molar-refractivity contribution >= 4 is 17.7 Å². The smallest absolute Gasteiger partial charge is 0.416 e. The molecule has 0 bridgehead atoms. The van der Waals surface area contributed by atoms with Gasteiger partial charge in [0.1, 0.15) is 6.54 Å². The minimum Gasteiger partial charge on any atom is -0.480 e. The minimum absolute atomic E-state index is 0.289. The summed E-state index contributed by atoms with van der Waals surface area (Å²) in [5.74, 6) is -0.753. The molecule has 1 aromatic carbocycles. The third kappa shape index (κ3) is 4.18. The van der Waals surface area contributed by atoms with Gasteiger partial charge in [0, 0.05) is 5.75 Å². The molecule has 0 saturated heterocycles. The molecule has 0 atom stereocenters. The number of halogens is 3. The number of thioether (sulfide) groups is 1. The van der Waals surface area contributed by atoms with Gasteiger partial charge in [0.15, 0.2) is 0 Å². The van der Waals surface area contributed by atoms with Crippen molar-refractivity contribution in [2.24, 2.45) is 0 Å². The Morgan fingerprint density at radius 1 is 1.29 bits per heavy atom. The van der Waals surface area contributed by atoms with Crippen LogP contribution in [0.1, 0.15) is 11.1 Å². The van der Waals surface area contributed by atoms with Crippen LogP contribution in [0.15, 0.2) is 29.4 Å². The molecular formula is C11H9F3N4O2S. The predicted molar refractivity (Wildman–Crippen MR) is 66.5 cm³/mol. The van der Waals surface area contributed by atoms with Crippen molar-refractivity contribution in [3.8, 4) is 0 Å². The Labute approximate surface area is 121 Å². The van der Waals surface area contributed by atoms with Crippen LogP contribution in [-0.2, 0) is 23.3 Å². The molecule has 1 aromatic heterocycles. The van der Waals surface area contributed by atoms with E-state index >= 15 is 0 Å². The van der Waals surface area contributed by atoms with Gasteiger partial charge < -0.3 is 5.11 Å². The second-order valence-corrected chi connectivity index (χ2v) is 4.94. The Bertz CT molecular complexity index is 627. The summed E-state index contributed by atoms with van der Waals surface area (Å²) in [6, 6.07) is 4.72. The van der Waals surface area contributed by atoms with Gasteiger partial charge >= 0.3 is 12.1 Å². The maximum absolute atomic E-state index is 12.4. The maximum atomic E-state index is 12.4. The van der Waals surface area contributed by atoms with E-state index in [2.05, 4.69) is 15.5 Å². The van der Waals surface area contributed by atoms with Crippen LogP contribution in [0, 0.1) is 0 Å². The van der Waals surface area contributed by atoms with Gasteiger partial charge in [0.25, 0.3) is 0 Å². The van der Waals surface area contributed by atoms with Crippen LogP contribution in [0.2, 0.25) is 0 Å². The van der Waals surface area contributed by atoms with Gasteiger partial charge in [0.2, 0.25) is 5.16 Å². The number of aromatic nitrogens is 4. The molecule has 2 rings (SSSR count). The van der Waals surface area contributed by atoms with Crippen molar-refractivity contribution in [2.75, 3.05) is 0 Å². The Kier molecular flexibility index (Phi) is 4.46. The normalized spacial score (nSPS) is 11.6. The van der Waals surface area contributed by atoms with Crippen LogP contribution in [-0.4, -0.2) is 31.3 Å². The molecule has 1 N–H and O–H groups in total. The molecule has 0 amide bonds. The molecule has 112 valence electrons. The molecule has 0 aliphatic heterocycles. The Morgan fingerprint density at radius 3 is 2.52 bits per heavy atom. The summed E-state index contributed by atoms with van der Waals surface area (Å²) in [6.45, 7) is -0.373. The minimum atomic E-state index is -4.36. The average Bonchev–Trinajstić information content (AvgIpc) is 2.82. The molecule has 21 heavy (non-hydrogen) atoms. The molecule has 0 aliphatic rings. The van der Waals surface area contributed by atoms with E-state index in [1.807, 2.05) is 0 Å². The Hall–Kier alpha value is -2.10. The first kappa shape index (κ1) is 15.3. The Morgan fingerprint density at radius 2 is 1.95 bits per heavy atom. The quantitative estimate of drug-likeness (QED) is 0.850. The fraction of sp³-hybridized carbons (Fsp3) is 0.273. The van der Waals surface area contributed by atoms with Gasteiger partial charge in [-0.15, -0.1) is 5.10 Å². The predicted octanol–water partition coefficient (Wildman–Crippen LogP) is 2.07. The lowest BCUT2D eigenvalue weighted by molar-refractivity contribution is -0.138. The van der Waals surface area contributed by atoms with Gasteiger partial charge in [-0.25, -0.2) is 4.68 Å². The van der Waals surface area contributed by atoms with E-state index in [-0.39, 0.29) is 11.7 Å². The molecule has 10 heteroatoms. The van der Waals surface area contributed by atoms with E-state index < -0.39 is 17.7 Å². The SMILES string of the molecule is O=C(O)Cn1nnnc1SCc1ccc(C(F)(F)F)cc1. The van der Waals surface area contributed by atoms with Gasteiger partial charge in [-0.1, -0.05) is 23.9 Å². The molecule has 0 aliphatic carbocycles. The molecule has 0 fully saturated rings. The highest BCUT2D eigenvalue weighted by Gasteiger charge is 2.29. The number of benzene rings is 1. The van der Waals surface area contributed by atoms with Crippen molar-refractivity contribution in [2.45, 2.75) is 23.6 Å². The third-order valence-electron chi connectivity index (χ3n) is 2.43. The highest BCUT2D eigenvalue weighted by molar-refractivity contribution is 7.98. The number of carboxylic acids is 1. The highest BCUT2D eigenvalue weighted by atomic mass is 32.2. The third-order valence-corrected chi connectivity index (χ3v) is 3.46. The summed E-state index contributed by atoms with van der Waals surface area (Å²) in [7, 11) is 0. The largest absolute Gasteiger partial charge is 0.480 e. The number of carbonyl (C=O) groups is 1. The molecule has 0 radical (unpaired) electrons. The zero-order chi connectivity index (χ0) is 15.5. The van der Waals surface area contributed by atoms with Crippen molar-refractivity contribution in [1.82, 2.24) is 20.2 Å². The van der Waals surface area contributed by atoms with Gasteiger partial charge in [0.05, 0.1) is 5.56 Å². The van der Waals surface area contributed by atoms with E-state index in [1.54, 1.807) is 0 Å². The maximum Gasteiger partial charge on any atom is 0.416 e. The fourth-order valence-electron chi connectivity index (χ4n) is 1.47. The first-order chi connectivity index (χ1) is 9.86. The molecule has 6 nitrogen and oxygen atoms in total. The van der Waals surface area contributed by atoms with E-state index in [9.17, 15) is 18.0 Å². The second kappa shape index (κ2) is 6.12. The van der Waals surface area contributed by atoms with Crippen LogP contribution in [0.3, 0.4) is 0 Å². The van der Waals surface area contributed by atoms with Crippen molar-refractivity contribution < 1.29 is 23.1 Å². The zero-order valence-corrected chi connectivity index (χ0v) is 11.2. The molecule has 0 unspecified atom stereocenters. The average molecular weight is 318 g/mol. The van der Waals surface area contributed by atoms with Crippen molar-refractivity contribution in [1.29, 1.82) is 0 Å². The molecular weight excluding hydrogens is 309 g/mol. The summed E-state index contributed by atoms with van der Waals surface area (Å²) < 4.78 is 38.3. The molecule has 0 saturated carbocycles. The van der Waals surface area contributed by atoms with Crippen molar-refractivity contribution in [3.05, 3.63) is 35.4 Å². The van der Waals surface area contributed by atoms with E-state index in [4.69, 9.17) is 5.11 Å². The van der Waals surface area contributed by atoms with Crippen LogP contribution in [0.25, 0.3) is 0 Å². The second-order valence-electron chi connectivity index (χ2n) is 4.00. The lowest BCUT2D eigenvalue weighted by atomic mass is 10.1. The Balaban J connectivity index is 2.00. The van der Waals surface area contributed by atoms with Gasteiger partial charge in [-0.2, -0.15) is 13.2 Å². The van der Waals surface area contributed by atoms with Crippen LogP contribution in [0.4, 0.5) is 13.2 Å². The number of alkyl halides is 3. The number of nitrogens with zero attached hydrogens (tertiary/aromatic N) is 4. The molecule has 2 aromatic rings. The standard InChI is InChI=1S/C11H9F3N4O2S/c12-11(13,14)8-3-1-7(2-4-8)6-21-10-15-16-17-18(10)5-9(19)20/h1-4H,5-6H2,(H,19,20). The lowest BCUT2D eigenvalue weighted by Gasteiger charge is -2.07. The first-order valence-electron chi connectivity index (χ1n) is 5.63. The number of carboxylic acid groups (broad SMARTS) is 1. The lowest BCUT2D eigenvalue weighted by Crippen LogP contribution is -2.11. The summed E-state index contributed by atoms with van der Waals surface area (Å²) in [5, 5.41) is 19.5. The van der Waals surface area contributed by atoms with Crippen LogP contribution < -0.4 is 0 Å². The monoisotopic (exact) mass is 318 g/mol. The summed E-state index contributed by atoms with van der Waals surface area (Å²) in [6.07, 6.45) is -4.36. The van der Waals surface area contributed by atoms with Crippen molar-refractivity contribution in [3.63, 3.8) is 0 Å². The summed E-state index contributed by atoms with van der Waals surface area (Å²) in [4.78, 5) is 10.6. The highest BCUT2D eigenvalue weighted by Crippen LogP contribution is 2.30. The number of tetrazole rings is 1. The molecule has 0 spiro atoms. The van der Waals surface area contributed by atoms with Crippen LogP contribution >= 0.6 is 11.8 Å².